The molecule has 0 aromatic heterocycles. The van der Waals surface area contributed by atoms with Gasteiger partial charge in [-0.2, -0.15) is 0 Å². The number of hydrogen-bond donors (Lipinski definition) is 0. The normalized spacial score (nSPS) is 18.3. The van der Waals surface area contributed by atoms with Gasteiger partial charge in [0.2, 0.25) is 0 Å². The van der Waals surface area contributed by atoms with Gasteiger partial charge in [-0.05, 0) is 57.8 Å². The molecule has 1 aromatic carbocycles. The van der Waals surface area contributed by atoms with Crippen LogP contribution < -0.4 is 0 Å². The van der Waals surface area contributed by atoms with Gasteiger partial charge in [-0.15, -0.1) is 0 Å². The summed E-state index contributed by atoms with van der Waals surface area (Å²) in [5.74, 6) is 0.844. The molecule has 2 saturated carbocycles. The molecule has 1 aromatic rings. The maximum atomic E-state index is 11.7. The molecular formula is C17H14FeO+2. The van der Waals surface area contributed by atoms with Crippen molar-refractivity contribution in [2.75, 3.05) is 0 Å². The van der Waals surface area contributed by atoms with Gasteiger partial charge in [-0.25, -0.2) is 0 Å². The van der Waals surface area contributed by atoms with E-state index < -0.39 is 0 Å². The smallest absolute Gasteiger partial charge is 0.293 e. The van der Waals surface area contributed by atoms with Crippen LogP contribution in [0.25, 0.3) is 0 Å². The molecule has 2 aliphatic carbocycles. The Morgan fingerprint density at radius 2 is 1.16 bits per heavy atom. The second-order valence-electron chi connectivity index (χ2n) is 3.83. The molecule has 0 atom stereocenters. The number of carbonyl (C=O) groups excluding carboxylic acids is 1. The molecule has 2 heteroatoms. The molecule has 0 saturated heterocycles. The Morgan fingerprint density at radius 1 is 0.684 bits per heavy atom. The molecule has 0 amide bonds. The fraction of sp³-hybridized carbons (Fsp3) is 0. The van der Waals surface area contributed by atoms with Crippen molar-refractivity contribution in [3.63, 3.8) is 0 Å². The van der Waals surface area contributed by atoms with Crippen LogP contribution in [0.2, 0.25) is 0 Å². The van der Waals surface area contributed by atoms with E-state index in [1.165, 1.54) is 0 Å². The molecule has 0 heterocycles. The van der Waals surface area contributed by atoms with Crippen molar-refractivity contribution in [1.29, 1.82) is 0 Å². The first-order chi connectivity index (χ1) is 8.88. The van der Waals surface area contributed by atoms with Gasteiger partial charge >= 0.3 is 17.1 Å². The third kappa shape index (κ3) is 5.50. The first kappa shape index (κ1) is 16.5. The fourth-order valence-corrected chi connectivity index (χ4v) is 1.60. The molecule has 19 heavy (non-hydrogen) atoms. The maximum Gasteiger partial charge on any atom is 2.00 e. The van der Waals surface area contributed by atoms with Crippen LogP contribution >= 0.6 is 0 Å². The van der Waals surface area contributed by atoms with Crippen LogP contribution in [0.4, 0.5) is 0 Å². The Hall–Kier alpha value is -0.591. The van der Waals surface area contributed by atoms with E-state index in [0.29, 0.717) is 0 Å². The van der Waals surface area contributed by atoms with Crippen molar-refractivity contribution in [1.82, 2.24) is 0 Å². The summed E-state index contributed by atoms with van der Waals surface area (Å²) in [5.41, 5.74) is 0.744. The SMILES string of the molecule is O=C([C]1[CH][CH][CH][CH]1)c1ccccc1.[CH]1[CH][CH][CH][CH]1.[Fe+2]. The van der Waals surface area contributed by atoms with E-state index in [1.807, 2.05) is 88.1 Å². The molecule has 0 unspecified atom stereocenters. The van der Waals surface area contributed by atoms with Crippen LogP contribution in [0, 0.1) is 63.7 Å². The van der Waals surface area contributed by atoms with E-state index in [2.05, 4.69) is 0 Å². The van der Waals surface area contributed by atoms with Gasteiger partial charge in [-0.1, -0.05) is 30.3 Å². The molecule has 2 aliphatic rings. The number of ketones is 1. The second kappa shape index (κ2) is 9.33. The van der Waals surface area contributed by atoms with E-state index in [1.54, 1.807) is 0 Å². The van der Waals surface area contributed by atoms with Gasteiger partial charge in [-0.3, -0.25) is 4.79 Å². The summed E-state index contributed by atoms with van der Waals surface area (Å²) in [4.78, 5) is 11.7. The molecule has 10 radical (unpaired) electrons. The summed E-state index contributed by atoms with van der Waals surface area (Å²) < 4.78 is 0. The molecular weight excluding hydrogens is 276 g/mol. The molecule has 3 rings (SSSR count). The number of Topliss-reactive ketones (excluding diaryl/α,β-unsaturated/α-hetero) is 1. The molecule has 94 valence electrons. The molecule has 0 bridgehead atoms. The van der Waals surface area contributed by atoms with Crippen LogP contribution in [0.1, 0.15) is 10.4 Å². The summed E-state index contributed by atoms with van der Waals surface area (Å²) in [7, 11) is 0. The largest absolute Gasteiger partial charge is 2.00 e. The van der Waals surface area contributed by atoms with Crippen molar-refractivity contribution in [3.8, 4) is 0 Å². The van der Waals surface area contributed by atoms with Crippen LogP contribution in [0.3, 0.4) is 0 Å². The van der Waals surface area contributed by atoms with E-state index >= 15 is 0 Å². The Kier molecular flexibility index (Phi) is 8.09. The van der Waals surface area contributed by atoms with Crippen LogP contribution in [0.5, 0.6) is 0 Å². The Bertz CT molecular complexity index is 343. The summed E-state index contributed by atoms with van der Waals surface area (Å²) in [6, 6.07) is 9.30. The molecule has 0 N–H and O–H groups in total. The van der Waals surface area contributed by atoms with Crippen molar-refractivity contribution >= 4 is 5.78 Å². The van der Waals surface area contributed by atoms with Gasteiger partial charge in [0.05, 0.1) is 5.92 Å². The average Bonchev–Trinajstić information content (AvgIpc) is 3.14. The van der Waals surface area contributed by atoms with Crippen molar-refractivity contribution < 1.29 is 21.9 Å². The third-order valence-corrected chi connectivity index (χ3v) is 2.52. The standard InChI is InChI=1S/C12H9O.C5H5.Fe/c13-12(11-8-4-5-9-11)10-6-2-1-3-7-10;1-2-4-5-3-1;/h1-9H;1-5H;/q;;+2. The maximum absolute atomic E-state index is 11.7. The number of carbonyl (C=O) groups is 1. The molecule has 1 nitrogen and oxygen atoms in total. The summed E-state index contributed by atoms with van der Waals surface area (Å²) >= 11 is 0. The van der Waals surface area contributed by atoms with Gasteiger partial charge in [0.1, 0.15) is 0 Å². The van der Waals surface area contributed by atoms with Crippen LogP contribution in [0.15, 0.2) is 30.3 Å². The number of hydrogen-bond acceptors (Lipinski definition) is 1. The van der Waals surface area contributed by atoms with Gasteiger partial charge in [0.25, 0.3) is 0 Å². The van der Waals surface area contributed by atoms with Crippen LogP contribution in [-0.2, 0) is 17.1 Å². The quantitative estimate of drug-likeness (QED) is 0.603. The molecule has 0 spiro atoms. The zero-order valence-corrected chi connectivity index (χ0v) is 11.4. The van der Waals surface area contributed by atoms with E-state index in [-0.39, 0.29) is 22.9 Å². The molecule has 2 fully saturated rings. The van der Waals surface area contributed by atoms with Crippen molar-refractivity contribution in [2.24, 2.45) is 0 Å². The first-order valence-electron chi connectivity index (χ1n) is 5.86. The van der Waals surface area contributed by atoms with Gasteiger partial charge in [0.15, 0.2) is 5.78 Å². The Morgan fingerprint density at radius 3 is 1.63 bits per heavy atom. The minimum absolute atomic E-state index is 0. The predicted octanol–water partition coefficient (Wildman–Crippen LogP) is 3.29. The first-order valence-corrected chi connectivity index (χ1v) is 5.86. The summed E-state index contributed by atoms with van der Waals surface area (Å²) in [5, 5.41) is 0. The summed E-state index contributed by atoms with van der Waals surface area (Å²) in [6.45, 7) is 0. The minimum Gasteiger partial charge on any atom is -0.293 e. The predicted molar refractivity (Wildman–Crippen MR) is 72.7 cm³/mol. The second-order valence-corrected chi connectivity index (χ2v) is 3.83. The van der Waals surface area contributed by atoms with Crippen LogP contribution in [-0.4, -0.2) is 5.78 Å². The fourth-order valence-electron chi connectivity index (χ4n) is 1.60. The number of rotatable bonds is 2. The van der Waals surface area contributed by atoms with Gasteiger partial charge in [0, 0.05) is 5.56 Å². The van der Waals surface area contributed by atoms with Crippen molar-refractivity contribution in [2.45, 2.75) is 0 Å². The Balaban J connectivity index is 0.000000256. The number of benzene rings is 1. The zero-order chi connectivity index (χ0) is 12.6. The van der Waals surface area contributed by atoms with E-state index in [9.17, 15) is 4.79 Å². The van der Waals surface area contributed by atoms with E-state index in [0.717, 1.165) is 11.5 Å². The summed E-state index contributed by atoms with van der Waals surface area (Å²) in [6.07, 6.45) is 17.4. The average molecular weight is 290 g/mol. The van der Waals surface area contributed by atoms with E-state index in [4.69, 9.17) is 0 Å². The Labute approximate surface area is 127 Å². The topological polar surface area (TPSA) is 17.1 Å². The molecule has 0 aliphatic heterocycles. The zero-order valence-electron chi connectivity index (χ0n) is 10.3. The van der Waals surface area contributed by atoms with Gasteiger partial charge < -0.3 is 0 Å². The monoisotopic (exact) mass is 290 g/mol. The minimum atomic E-state index is 0. The third-order valence-electron chi connectivity index (χ3n) is 2.52. The van der Waals surface area contributed by atoms with Crippen molar-refractivity contribution in [3.05, 3.63) is 99.6 Å².